The highest BCUT2D eigenvalue weighted by Crippen LogP contribution is 2.29. The van der Waals surface area contributed by atoms with E-state index in [2.05, 4.69) is 10.5 Å². The summed E-state index contributed by atoms with van der Waals surface area (Å²) in [5.74, 6) is -0.420. The molecule has 0 bridgehead atoms. The number of benzene rings is 3. The van der Waals surface area contributed by atoms with Gasteiger partial charge in [0, 0.05) is 22.7 Å². The standard InChI is InChI=1S/C24H23ClFN3O5S/c1-33-22-9-5-7-17(24(22)34-2)14-27-28-23(30)16-29(15-18-6-3-4-8-21(18)26)35(31,32)20-12-10-19(25)11-13-20/h3-14H,15-16H2,1-2H3,(H,28,30)/b27-14-. The third-order valence-electron chi connectivity index (χ3n) is 4.90. The second-order valence-corrected chi connectivity index (χ2v) is 9.57. The van der Waals surface area contributed by atoms with Gasteiger partial charge in [-0.25, -0.2) is 18.2 Å². The lowest BCUT2D eigenvalue weighted by Gasteiger charge is -2.21. The van der Waals surface area contributed by atoms with Gasteiger partial charge in [-0.05, 0) is 42.5 Å². The summed E-state index contributed by atoms with van der Waals surface area (Å²) < 4.78 is 52.2. The van der Waals surface area contributed by atoms with Gasteiger partial charge in [0.15, 0.2) is 11.5 Å². The first kappa shape index (κ1) is 26.1. The number of hydrazone groups is 1. The molecule has 35 heavy (non-hydrogen) atoms. The third-order valence-corrected chi connectivity index (χ3v) is 6.96. The normalized spacial score (nSPS) is 11.6. The maximum atomic E-state index is 14.3. The summed E-state index contributed by atoms with van der Waals surface area (Å²) in [4.78, 5) is 12.5. The van der Waals surface area contributed by atoms with E-state index in [0.717, 1.165) is 4.31 Å². The van der Waals surface area contributed by atoms with E-state index in [1.54, 1.807) is 24.3 Å². The minimum atomic E-state index is -4.17. The largest absolute Gasteiger partial charge is 0.493 e. The number of nitrogens with zero attached hydrogens (tertiary/aromatic N) is 2. The van der Waals surface area contributed by atoms with E-state index in [1.165, 1.54) is 62.9 Å². The molecule has 0 aliphatic heterocycles. The number of carbonyl (C=O) groups is 1. The first-order valence-electron chi connectivity index (χ1n) is 10.3. The molecular formula is C24H23ClFN3O5S. The quantitative estimate of drug-likeness (QED) is 0.324. The Labute approximate surface area is 208 Å². The van der Waals surface area contributed by atoms with E-state index in [4.69, 9.17) is 21.1 Å². The SMILES string of the molecule is COc1cccc(/C=N\NC(=O)CN(Cc2ccccc2F)S(=O)(=O)c2ccc(Cl)cc2)c1OC. The van der Waals surface area contributed by atoms with Gasteiger partial charge in [-0.2, -0.15) is 9.41 Å². The fourth-order valence-corrected chi connectivity index (χ4v) is 4.68. The number of hydrogen-bond donors (Lipinski definition) is 1. The summed E-state index contributed by atoms with van der Waals surface area (Å²) in [5.41, 5.74) is 2.94. The van der Waals surface area contributed by atoms with Crippen LogP contribution in [0.25, 0.3) is 0 Å². The Morgan fingerprint density at radius 2 is 1.77 bits per heavy atom. The molecule has 0 aromatic heterocycles. The zero-order valence-corrected chi connectivity index (χ0v) is 20.5. The number of hydrogen-bond acceptors (Lipinski definition) is 6. The van der Waals surface area contributed by atoms with Gasteiger partial charge in [0.1, 0.15) is 5.82 Å². The molecular weight excluding hydrogens is 497 g/mol. The monoisotopic (exact) mass is 519 g/mol. The van der Waals surface area contributed by atoms with Crippen molar-refractivity contribution in [2.75, 3.05) is 20.8 Å². The Morgan fingerprint density at radius 1 is 1.06 bits per heavy atom. The Balaban J connectivity index is 1.82. The highest BCUT2D eigenvalue weighted by Gasteiger charge is 2.27. The van der Waals surface area contributed by atoms with Crippen LogP contribution in [0.15, 0.2) is 76.7 Å². The smallest absolute Gasteiger partial charge is 0.255 e. The molecule has 0 saturated carbocycles. The minimum absolute atomic E-state index is 0.0874. The number of carbonyl (C=O) groups excluding carboxylic acids is 1. The Bertz CT molecular complexity index is 1320. The molecule has 0 unspecified atom stereocenters. The highest BCUT2D eigenvalue weighted by molar-refractivity contribution is 7.89. The van der Waals surface area contributed by atoms with Crippen LogP contribution in [0.2, 0.25) is 5.02 Å². The van der Waals surface area contributed by atoms with Crippen molar-refractivity contribution in [2.45, 2.75) is 11.4 Å². The van der Waals surface area contributed by atoms with Gasteiger partial charge in [0.25, 0.3) is 5.91 Å². The molecule has 0 aliphatic rings. The molecule has 0 atom stereocenters. The lowest BCUT2D eigenvalue weighted by Crippen LogP contribution is -2.39. The molecule has 0 heterocycles. The van der Waals surface area contributed by atoms with Gasteiger partial charge in [0.2, 0.25) is 10.0 Å². The van der Waals surface area contributed by atoms with Crippen molar-refractivity contribution in [3.05, 3.63) is 88.7 Å². The maximum absolute atomic E-state index is 14.3. The number of sulfonamides is 1. The van der Waals surface area contributed by atoms with Gasteiger partial charge in [-0.3, -0.25) is 4.79 Å². The number of nitrogens with one attached hydrogen (secondary N) is 1. The topological polar surface area (TPSA) is 97.3 Å². The van der Waals surface area contributed by atoms with Gasteiger partial charge >= 0.3 is 0 Å². The van der Waals surface area contributed by atoms with Gasteiger partial charge in [-0.15, -0.1) is 0 Å². The summed E-state index contributed by atoms with van der Waals surface area (Å²) in [6.07, 6.45) is 1.34. The molecule has 1 amide bonds. The van der Waals surface area contributed by atoms with E-state index in [1.807, 2.05) is 0 Å². The van der Waals surface area contributed by atoms with Crippen molar-refractivity contribution < 1.29 is 27.1 Å². The van der Waals surface area contributed by atoms with Gasteiger partial charge in [-0.1, -0.05) is 35.9 Å². The number of amides is 1. The van der Waals surface area contributed by atoms with Crippen LogP contribution < -0.4 is 14.9 Å². The molecule has 1 N–H and O–H groups in total. The number of methoxy groups -OCH3 is 2. The van der Waals surface area contributed by atoms with Crippen LogP contribution in [0.5, 0.6) is 11.5 Å². The van der Waals surface area contributed by atoms with E-state index < -0.39 is 28.3 Å². The van der Waals surface area contributed by atoms with Crippen LogP contribution in [0.1, 0.15) is 11.1 Å². The Kier molecular flexibility index (Phi) is 8.80. The zero-order valence-electron chi connectivity index (χ0n) is 18.9. The predicted molar refractivity (Wildman–Crippen MR) is 131 cm³/mol. The van der Waals surface area contributed by atoms with Crippen molar-refractivity contribution in [1.29, 1.82) is 0 Å². The fraction of sp³-hybridized carbons (Fsp3) is 0.167. The summed E-state index contributed by atoms with van der Waals surface area (Å²) in [6.45, 7) is -0.968. The second-order valence-electron chi connectivity index (χ2n) is 7.19. The summed E-state index contributed by atoms with van der Waals surface area (Å²) in [5, 5.41) is 4.25. The molecule has 3 aromatic rings. The molecule has 0 fully saturated rings. The van der Waals surface area contributed by atoms with Crippen LogP contribution in [-0.4, -0.2) is 45.6 Å². The molecule has 0 aliphatic carbocycles. The number of rotatable bonds is 10. The molecule has 184 valence electrons. The molecule has 8 nitrogen and oxygen atoms in total. The fourth-order valence-electron chi connectivity index (χ4n) is 3.18. The average Bonchev–Trinajstić information content (AvgIpc) is 2.85. The Hall–Kier alpha value is -3.47. The summed E-state index contributed by atoms with van der Waals surface area (Å²) >= 11 is 5.87. The molecule has 11 heteroatoms. The van der Waals surface area contributed by atoms with Crippen LogP contribution in [0, 0.1) is 5.82 Å². The first-order chi connectivity index (χ1) is 16.8. The predicted octanol–water partition coefficient (Wildman–Crippen LogP) is 3.84. The van der Waals surface area contributed by atoms with Crippen LogP contribution in [-0.2, 0) is 21.4 Å². The second kappa shape index (κ2) is 11.8. The van der Waals surface area contributed by atoms with Crippen molar-refractivity contribution in [2.24, 2.45) is 5.10 Å². The third kappa shape index (κ3) is 6.56. The molecule has 0 saturated heterocycles. The molecule has 3 rings (SSSR count). The molecule has 0 radical (unpaired) electrons. The van der Waals surface area contributed by atoms with E-state index in [-0.39, 0.29) is 17.0 Å². The van der Waals surface area contributed by atoms with Gasteiger partial charge in [0.05, 0.1) is 31.9 Å². The Morgan fingerprint density at radius 3 is 2.43 bits per heavy atom. The number of ether oxygens (including phenoxy) is 2. The van der Waals surface area contributed by atoms with E-state index in [0.29, 0.717) is 22.1 Å². The summed E-state index contributed by atoms with van der Waals surface area (Å²) in [6, 6.07) is 16.3. The average molecular weight is 520 g/mol. The highest BCUT2D eigenvalue weighted by atomic mass is 35.5. The first-order valence-corrected chi connectivity index (χ1v) is 12.1. The van der Waals surface area contributed by atoms with E-state index >= 15 is 0 Å². The van der Waals surface area contributed by atoms with Crippen molar-refractivity contribution in [1.82, 2.24) is 9.73 Å². The zero-order chi connectivity index (χ0) is 25.4. The lowest BCUT2D eigenvalue weighted by atomic mass is 10.2. The lowest BCUT2D eigenvalue weighted by molar-refractivity contribution is -0.121. The number of halogens is 2. The molecule has 3 aromatic carbocycles. The molecule has 0 spiro atoms. The van der Waals surface area contributed by atoms with E-state index in [9.17, 15) is 17.6 Å². The van der Waals surface area contributed by atoms with Crippen LogP contribution >= 0.6 is 11.6 Å². The van der Waals surface area contributed by atoms with Crippen LogP contribution in [0.3, 0.4) is 0 Å². The summed E-state index contributed by atoms with van der Waals surface area (Å²) in [7, 11) is -1.21. The minimum Gasteiger partial charge on any atom is -0.493 e. The van der Waals surface area contributed by atoms with Crippen molar-refractivity contribution >= 4 is 33.7 Å². The van der Waals surface area contributed by atoms with Crippen molar-refractivity contribution in [3.8, 4) is 11.5 Å². The van der Waals surface area contributed by atoms with Crippen LogP contribution in [0.4, 0.5) is 4.39 Å². The number of para-hydroxylation sites is 1. The maximum Gasteiger partial charge on any atom is 0.255 e. The van der Waals surface area contributed by atoms with Gasteiger partial charge < -0.3 is 9.47 Å². The van der Waals surface area contributed by atoms with Crippen molar-refractivity contribution in [3.63, 3.8) is 0 Å².